The number of carbonyl (C=O) groups is 3. The highest BCUT2D eigenvalue weighted by atomic mass is 16.2. The molecule has 5 N–H and O–H groups in total. The summed E-state index contributed by atoms with van der Waals surface area (Å²) in [6.45, 7) is 1.90. The molecule has 2 radical (unpaired) electrons. The van der Waals surface area contributed by atoms with E-state index in [9.17, 15) is 14.4 Å². The Hall–Kier alpha value is -4.07. The second kappa shape index (κ2) is 9.62. The van der Waals surface area contributed by atoms with E-state index in [2.05, 4.69) is 16.0 Å². The van der Waals surface area contributed by atoms with E-state index in [0.29, 0.717) is 28.0 Å². The highest BCUT2D eigenvalue weighted by Gasteiger charge is 2.24. The van der Waals surface area contributed by atoms with Gasteiger partial charge in [-0.05, 0) is 42.8 Å². The second-order valence-corrected chi connectivity index (χ2v) is 6.96. The molecular formula is C23H21BN4O3. The first-order valence-corrected chi connectivity index (χ1v) is 9.53. The van der Waals surface area contributed by atoms with E-state index in [-0.39, 0.29) is 0 Å². The average Bonchev–Trinajstić information content (AvgIpc) is 2.74. The van der Waals surface area contributed by atoms with Crippen LogP contribution >= 0.6 is 0 Å². The number of rotatable bonds is 6. The summed E-state index contributed by atoms with van der Waals surface area (Å²) in [6, 6.07) is 18.7. The number of hydrogen-bond donors (Lipinski definition) is 4. The maximum absolute atomic E-state index is 13.0. The number of primary amides is 1. The lowest BCUT2D eigenvalue weighted by atomic mass is 9.92. The molecule has 3 aromatic rings. The number of nitrogens with one attached hydrogen (secondary N) is 3. The molecule has 8 heteroatoms. The number of carbonyl (C=O) groups excluding carboxylic acids is 3. The number of nitrogens with two attached hydrogens (primary N) is 1. The molecular weight excluding hydrogens is 391 g/mol. The van der Waals surface area contributed by atoms with Crippen LogP contribution in [-0.2, 0) is 4.79 Å². The van der Waals surface area contributed by atoms with Crippen LogP contribution in [0.15, 0.2) is 72.8 Å². The Morgan fingerprint density at radius 2 is 1.58 bits per heavy atom. The largest absolute Gasteiger partial charge is 0.351 e. The Kier molecular flexibility index (Phi) is 6.72. The maximum Gasteiger partial charge on any atom is 0.316 e. The van der Waals surface area contributed by atoms with Gasteiger partial charge in [0.05, 0.1) is 0 Å². The maximum atomic E-state index is 13.0. The fraction of sp³-hybridized carbons (Fsp3) is 0.0870. The number of urea groups is 1. The van der Waals surface area contributed by atoms with Gasteiger partial charge in [-0.25, -0.2) is 4.79 Å². The molecule has 31 heavy (non-hydrogen) atoms. The van der Waals surface area contributed by atoms with Crippen molar-refractivity contribution in [1.29, 1.82) is 0 Å². The minimum atomic E-state index is -0.946. The van der Waals surface area contributed by atoms with E-state index in [1.807, 2.05) is 19.1 Å². The van der Waals surface area contributed by atoms with Gasteiger partial charge in [0, 0.05) is 16.9 Å². The van der Waals surface area contributed by atoms with Crippen molar-refractivity contribution in [2.24, 2.45) is 5.73 Å². The van der Waals surface area contributed by atoms with Gasteiger partial charge in [-0.15, -0.1) is 0 Å². The quantitative estimate of drug-likeness (QED) is 0.466. The molecule has 1 atom stereocenters. The van der Waals surface area contributed by atoms with Crippen LogP contribution < -0.4 is 27.1 Å². The van der Waals surface area contributed by atoms with Gasteiger partial charge >= 0.3 is 6.03 Å². The molecule has 0 saturated heterocycles. The van der Waals surface area contributed by atoms with E-state index in [1.54, 1.807) is 48.5 Å². The minimum absolute atomic E-state index is 0.318. The smallest absolute Gasteiger partial charge is 0.316 e. The Morgan fingerprint density at radius 1 is 0.903 bits per heavy atom. The van der Waals surface area contributed by atoms with Crippen LogP contribution in [0.4, 0.5) is 16.2 Å². The molecule has 0 aliphatic heterocycles. The third kappa shape index (κ3) is 5.73. The van der Waals surface area contributed by atoms with Crippen molar-refractivity contribution in [3.63, 3.8) is 0 Å². The highest BCUT2D eigenvalue weighted by Crippen LogP contribution is 2.17. The van der Waals surface area contributed by atoms with Crippen LogP contribution in [0.5, 0.6) is 0 Å². The zero-order valence-electron chi connectivity index (χ0n) is 16.9. The van der Waals surface area contributed by atoms with E-state index in [1.165, 1.54) is 12.1 Å². The van der Waals surface area contributed by atoms with Crippen molar-refractivity contribution in [2.45, 2.75) is 13.0 Å². The highest BCUT2D eigenvalue weighted by molar-refractivity contribution is 6.36. The lowest BCUT2D eigenvalue weighted by Gasteiger charge is -2.20. The van der Waals surface area contributed by atoms with Crippen molar-refractivity contribution in [3.8, 4) is 0 Å². The van der Waals surface area contributed by atoms with Gasteiger partial charge in [-0.2, -0.15) is 0 Å². The molecule has 0 heterocycles. The third-order valence-electron chi connectivity index (χ3n) is 4.55. The van der Waals surface area contributed by atoms with Crippen LogP contribution in [-0.4, -0.2) is 25.7 Å². The number of hydrogen-bond acceptors (Lipinski definition) is 3. The van der Waals surface area contributed by atoms with E-state index < -0.39 is 23.9 Å². The van der Waals surface area contributed by atoms with Gasteiger partial charge in [0.1, 0.15) is 13.9 Å². The van der Waals surface area contributed by atoms with Crippen molar-refractivity contribution in [1.82, 2.24) is 5.32 Å². The van der Waals surface area contributed by atoms with Gasteiger partial charge in [0.2, 0.25) is 0 Å². The summed E-state index contributed by atoms with van der Waals surface area (Å²) < 4.78 is 0. The Bertz CT molecular complexity index is 1100. The minimum Gasteiger partial charge on any atom is -0.351 e. The molecule has 0 bridgehead atoms. The van der Waals surface area contributed by atoms with Crippen molar-refractivity contribution in [2.75, 3.05) is 10.6 Å². The number of aryl methyl sites for hydroxylation is 1. The first-order valence-electron chi connectivity index (χ1n) is 9.53. The third-order valence-corrected chi connectivity index (χ3v) is 4.55. The lowest BCUT2D eigenvalue weighted by Crippen LogP contribution is -2.37. The fourth-order valence-electron chi connectivity index (χ4n) is 3.01. The summed E-state index contributed by atoms with van der Waals surface area (Å²) in [6.07, 6.45) is 0. The fourth-order valence-corrected chi connectivity index (χ4v) is 3.01. The Morgan fingerprint density at radius 3 is 2.19 bits per heavy atom. The molecule has 0 aliphatic rings. The molecule has 0 saturated carbocycles. The predicted molar refractivity (Wildman–Crippen MR) is 121 cm³/mol. The molecule has 3 aromatic carbocycles. The van der Waals surface area contributed by atoms with Gasteiger partial charge in [0.15, 0.2) is 0 Å². The summed E-state index contributed by atoms with van der Waals surface area (Å²) in [7, 11) is 6.01. The van der Waals surface area contributed by atoms with Crippen LogP contribution in [0.3, 0.4) is 0 Å². The van der Waals surface area contributed by atoms with Crippen molar-refractivity contribution in [3.05, 3.63) is 89.5 Å². The van der Waals surface area contributed by atoms with E-state index >= 15 is 0 Å². The molecule has 0 spiro atoms. The summed E-state index contributed by atoms with van der Waals surface area (Å²) in [5, 5.41) is 7.96. The zero-order valence-corrected chi connectivity index (χ0v) is 16.9. The second-order valence-electron chi connectivity index (χ2n) is 6.96. The topological polar surface area (TPSA) is 113 Å². The van der Waals surface area contributed by atoms with Gasteiger partial charge < -0.3 is 21.7 Å². The molecule has 7 nitrogen and oxygen atoms in total. The van der Waals surface area contributed by atoms with E-state index in [0.717, 1.165) is 5.56 Å². The number of anilines is 2. The molecule has 154 valence electrons. The molecule has 4 amide bonds. The number of amides is 4. The molecule has 0 aliphatic carbocycles. The first kappa shape index (κ1) is 21.6. The van der Waals surface area contributed by atoms with Crippen molar-refractivity contribution >= 4 is 42.5 Å². The molecule has 0 fully saturated rings. The van der Waals surface area contributed by atoms with Gasteiger partial charge in [-0.1, -0.05) is 53.5 Å². The normalized spacial score (nSPS) is 11.3. The van der Waals surface area contributed by atoms with Crippen LogP contribution in [0.2, 0.25) is 0 Å². The SMILES string of the molecule is [B]c1cc(C)ccc1NC(=O)C(NC(=O)c1ccc(NC(N)=O)cc1)c1ccccc1. The monoisotopic (exact) mass is 412 g/mol. The van der Waals surface area contributed by atoms with E-state index in [4.69, 9.17) is 13.6 Å². The summed E-state index contributed by atoms with van der Waals surface area (Å²) >= 11 is 0. The Labute approximate surface area is 181 Å². The first-order chi connectivity index (χ1) is 14.8. The predicted octanol–water partition coefficient (Wildman–Crippen LogP) is 2.39. The standard InChI is InChI=1S/C23H21BN4O3/c1-14-7-12-19(18(24)13-14)27-22(30)20(15-5-3-2-4-6-15)28-21(29)16-8-10-17(11-9-16)26-23(25)31/h2-13,20H,1H3,(H,27,30)(H,28,29)(H3,25,26,31). The lowest BCUT2D eigenvalue weighted by molar-refractivity contribution is -0.118. The summed E-state index contributed by atoms with van der Waals surface area (Å²) in [5.74, 6) is -0.881. The van der Waals surface area contributed by atoms with Gasteiger partial charge in [0.25, 0.3) is 11.8 Å². The van der Waals surface area contributed by atoms with Crippen LogP contribution in [0.1, 0.15) is 27.5 Å². The van der Waals surface area contributed by atoms with Crippen LogP contribution in [0.25, 0.3) is 0 Å². The Balaban J connectivity index is 1.81. The van der Waals surface area contributed by atoms with Gasteiger partial charge in [-0.3, -0.25) is 9.59 Å². The molecule has 0 aromatic heterocycles. The summed E-state index contributed by atoms with van der Waals surface area (Å²) in [5.41, 5.74) is 8.34. The zero-order chi connectivity index (χ0) is 22.4. The van der Waals surface area contributed by atoms with Crippen molar-refractivity contribution < 1.29 is 14.4 Å². The average molecular weight is 412 g/mol. The summed E-state index contributed by atoms with van der Waals surface area (Å²) in [4.78, 5) is 36.8. The molecule has 1 unspecified atom stereocenters. The molecule has 3 rings (SSSR count). The van der Waals surface area contributed by atoms with Crippen LogP contribution in [0, 0.1) is 6.92 Å². The number of benzene rings is 3.